The molecule has 62 heavy (non-hydrogen) atoms. The standard InChI is InChI=1S/C45H61ClN4O12/c1-2-23-60-45-41(49(19-25-57-27-22-53)44(54)59-24-15-46)30-39(47-61-31-32-9-11-34(12-10-32)50(55)56)37-28-33(7-3-5-20-51)36(8-4-6-21-52)42(43(37)45)38-29-35(13-14-40(38)62-45)58-26-18-48-16-17-48/h2,9-14,28-29,33,36,41-43,51-53H,1,3-8,15-27,30-31H2. The van der Waals surface area contributed by atoms with Crippen molar-refractivity contribution in [2.24, 2.45) is 22.9 Å². The smallest absolute Gasteiger partial charge is 0.410 e. The van der Waals surface area contributed by atoms with E-state index in [4.69, 9.17) is 45.3 Å². The van der Waals surface area contributed by atoms with Gasteiger partial charge in [0, 0.05) is 69.4 Å². The van der Waals surface area contributed by atoms with Crippen molar-refractivity contribution in [3.63, 3.8) is 0 Å². The minimum Gasteiger partial charge on any atom is -0.492 e. The molecule has 3 N–H and O–H groups in total. The zero-order valence-electron chi connectivity index (χ0n) is 35.3. The van der Waals surface area contributed by atoms with Crippen molar-refractivity contribution >= 4 is 29.1 Å². The van der Waals surface area contributed by atoms with Crippen LogP contribution in [0.4, 0.5) is 10.5 Å². The third kappa shape index (κ3) is 11.6. The van der Waals surface area contributed by atoms with E-state index in [9.17, 15) is 30.2 Å². The number of carbonyl (C=O) groups is 1. The van der Waals surface area contributed by atoms with Gasteiger partial charge in [0.25, 0.3) is 5.69 Å². The molecule has 2 aliphatic carbocycles. The average molecular weight is 885 g/mol. The molecule has 1 amide bonds. The summed E-state index contributed by atoms with van der Waals surface area (Å²) in [6, 6.07) is 11.1. The topological polar surface area (TPSA) is 195 Å². The van der Waals surface area contributed by atoms with Crippen LogP contribution in [0.2, 0.25) is 0 Å². The molecular formula is C45H61ClN4O12. The lowest BCUT2D eigenvalue weighted by molar-refractivity contribution is -0.384. The highest BCUT2D eigenvalue weighted by Gasteiger charge is 2.65. The molecule has 4 aliphatic rings. The second-order valence-corrected chi connectivity index (χ2v) is 16.4. The van der Waals surface area contributed by atoms with E-state index in [1.165, 1.54) is 17.0 Å². The van der Waals surface area contributed by atoms with Gasteiger partial charge in [-0.3, -0.25) is 19.9 Å². The van der Waals surface area contributed by atoms with Crippen LogP contribution in [0.3, 0.4) is 0 Å². The van der Waals surface area contributed by atoms with Crippen molar-refractivity contribution in [2.75, 3.05) is 84.9 Å². The van der Waals surface area contributed by atoms with Crippen molar-refractivity contribution < 1.29 is 53.6 Å². The number of fused-ring (bicyclic) bond motifs is 2. The van der Waals surface area contributed by atoms with Gasteiger partial charge in [-0.05, 0) is 79.0 Å². The largest absolute Gasteiger partial charge is 0.492 e. The molecule has 2 aliphatic heterocycles. The molecule has 0 radical (unpaired) electrons. The molecule has 0 aromatic heterocycles. The minimum absolute atomic E-state index is 0.00161. The van der Waals surface area contributed by atoms with Crippen LogP contribution in [0.5, 0.6) is 11.5 Å². The van der Waals surface area contributed by atoms with Crippen molar-refractivity contribution in [3.05, 3.63) is 88.0 Å². The number of aliphatic hydroxyl groups excluding tert-OH is 3. The summed E-state index contributed by atoms with van der Waals surface area (Å²) >= 11 is 6.03. The molecular weight excluding hydrogens is 824 g/mol. The third-order valence-corrected chi connectivity index (χ3v) is 12.2. The lowest BCUT2D eigenvalue weighted by Crippen LogP contribution is -2.70. The number of non-ortho nitro benzene ring substituents is 1. The van der Waals surface area contributed by atoms with Gasteiger partial charge < -0.3 is 43.8 Å². The first-order valence-corrected chi connectivity index (χ1v) is 22.3. The maximum atomic E-state index is 14.3. The molecule has 2 aromatic rings. The van der Waals surface area contributed by atoms with E-state index in [1.54, 1.807) is 18.2 Å². The van der Waals surface area contributed by atoms with Gasteiger partial charge in [0.2, 0.25) is 5.79 Å². The number of nitro groups is 1. The number of hydrogen-bond acceptors (Lipinski definition) is 14. The van der Waals surface area contributed by atoms with E-state index in [2.05, 4.69) is 23.6 Å². The molecule has 2 aromatic carbocycles. The molecule has 0 spiro atoms. The zero-order chi connectivity index (χ0) is 43.9. The predicted molar refractivity (Wildman–Crippen MR) is 231 cm³/mol. The number of allylic oxidation sites excluding steroid dienone is 1. The van der Waals surface area contributed by atoms with Crippen molar-refractivity contribution in [1.29, 1.82) is 0 Å². The summed E-state index contributed by atoms with van der Waals surface area (Å²) in [6.07, 6.45) is 7.66. The summed E-state index contributed by atoms with van der Waals surface area (Å²) in [5.74, 6) is -0.994. The van der Waals surface area contributed by atoms with Crippen molar-refractivity contribution in [1.82, 2.24) is 9.80 Å². The lowest BCUT2D eigenvalue weighted by Gasteiger charge is -2.59. The molecule has 1 saturated heterocycles. The lowest BCUT2D eigenvalue weighted by atomic mass is 9.55. The number of unbranched alkanes of at least 4 members (excludes halogenated alkanes) is 2. The second-order valence-electron chi connectivity index (χ2n) is 16.0. The Morgan fingerprint density at radius 3 is 2.50 bits per heavy atom. The van der Waals surface area contributed by atoms with E-state index in [1.807, 2.05) is 12.1 Å². The number of nitro benzene ring substituents is 1. The minimum atomic E-state index is -1.53. The van der Waals surface area contributed by atoms with Gasteiger partial charge in [0.05, 0.1) is 48.9 Å². The van der Waals surface area contributed by atoms with Crippen LogP contribution in [0.15, 0.2) is 71.9 Å². The number of halogens is 1. The molecule has 16 nitrogen and oxygen atoms in total. The third-order valence-electron chi connectivity index (χ3n) is 12.0. The highest BCUT2D eigenvalue weighted by atomic mass is 35.5. The molecule has 340 valence electrons. The SMILES string of the molecule is C=CCOC12Oc3ccc(OCCN4CC4)cc3C3C(CCCCO)C(CCCCO)C=C(C(=NOCc4ccc([N+](=O)[O-])cc4)CC1N(CCOCCO)C(=O)OCCCl)C32. The summed E-state index contributed by atoms with van der Waals surface area (Å²) in [5.41, 5.74) is 2.97. The predicted octanol–water partition coefficient (Wildman–Crippen LogP) is 5.81. The summed E-state index contributed by atoms with van der Waals surface area (Å²) in [4.78, 5) is 35.1. The number of alkyl halides is 1. The number of aliphatic hydroxyl groups is 3. The highest BCUT2D eigenvalue weighted by molar-refractivity contribution is 6.18. The molecule has 6 atom stereocenters. The van der Waals surface area contributed by atoms with Gasteiger partial charge >= 0.3 is 6.09 Å². The zero-order valence-corrected chi connectivity index (χ0v) is 36.1. The Morgan fingerprint density at radius 1 is 1.03 bits per heavy atom. The molecule has 2 fully saturated rings. The first kappa shape index (κ1) is 47.2. The summed E-state index contributed by atoms with van der Waals surface area (Å²) in [5, 5.41) is 45.5. The van der Waals surface area contributed by atoms with Crippen LogP contribution in [0, 0.1) is 27.9 Å². The average Bonchev–Trinajstić information content (AvgIpc) is 4.11. The quantitative estimate of drug-likeness (QED) is 0.0243. The normalized spacial score (nSPS) is 24.3. The van der Waals surface area contributed by atoms with Crippen LogP contribution in [-0.2, 0) is 25.7 Å². The van der Waals surface area contributed by atoms with Crippen LogP contribution >= 0.6 is 11.6 Å². The van der Waals surface area contributed by atoms with E-state index < -0.39 is 28.8 Å². The highest BCUT2D eigenvalue weighted by Crippen LogP contribution is 2.62. The number of oxime groups is 1. The number of ether oxygens (including phenoxy) is 5. The summed E-state index contributed by atoms with van der Waals surface area (Å²) in [6.45, 7) is 7.59. The van der Waals surface area contributed by atoms with Gasteiger partial charge in [-0.2, -0.15) is 0 Å². The van der Waals surface area contributed by atoms with Crippen LogP contribution in [-0.4, -0.2) is 139 Å². The number of nitrogens with zero attached hydrogens (tertiary/aromatic N) is 4. The first-order chi connectivity index (χ1) is 30.3. The van der Waals surface area contributed by atoms with Gasteiger partial charge in [-0.1, -0.05) is 30.1 Å². The molecule has 0 bridgehead atoms. The Labute approximate surface area is 368 Å². The Kier molecular flexibility index (Phi) is 17.8. The van der Waals surface area contributed by atoms with E-state index in [-0.39, 0.29) is 95.1 Å². The summed E-state index contributed by atoms with van der Waals surface area (Å²) < 4.78 is 32.0. The Hall–Kier alpha value is -4.29. The Balaban J connectivity index is 1.53. The fraction of sp³-hybridized carbons (Fsp3) is 0.600. The van der Waals surface area contributed by atoms with E-state index >= 15 is 0 Å². The maximum Gasteiger partial charge on any atom is 0.410 e. The maximum absolute atomic E-state index is 14.3. The first-order valence-electron chi connectivity index (χ1n) is 21.7. The number of rotatable bonds is 27. The number of amides is 1. The Bertz CT molecular complexity index is 1840. The monoisotopic (exact) mass is 884 g/mol. The number of benzene rings is 2. The van der Waals surface area contributed by atoms with Crippen LogP contribution in [0.25, 0.3) is 0 Å². The fourth-order valence-corrected chi connectivity index (χ4v) is 9.21. The fourth-order valence-electron chi connectivity index (χ4n) is 9.14. The van der Waals surface area contributed by atoms with E-state index in [0.717, 1.165) is 56.5 Å². The summed E-state index contributed by atoms with van der Waals surface area (Å²) in [7, 11) is 0. The van der Waals surface area contributed by atoms with Gasteiger partial charge in [-0.15, -0.1) is 18.2 Å². The second kappa shape index (κ2) is 23.4. The van der Waals surface area contributed by atoms with E-state index in [0.29, 0.717) is 42.2 Å². The van der Waals surface area contributed by atoms with Crippen molar-refractivity contribution in [2.45, 2.75) is 69.3 Å². The number of hydrogen-bond donors (Lipinski definition) is 3. The molecule has 2 heterocycles. The van der Waals surface area contributed by atoms with Gasteiger partial charge in [0.1, 0.15) is 37.4 Å². The molecule has 6 unspecified atom stereocenters. The van der Waals surface area contributed by atoms with Gasteiger partial charge in [-0.25, -0.2) is 4.79 Å². The van der Waals surface area contributed by atoms with Gasteiger partial charge in [0.15, 0.2) is 0 Å². The number of carbonyl (C=O) groups excluding carboxylic acids is 1. The van der Waals surface area contributed by atoms with Crippen molar-refractivity contribution in [3.8, 4) is 11.5 Å². The van der Waals surface area contributed by atoms with Crippen LogP contribution in [0.1, 0.15) is 62.0 Å². The molecule has 17 heteroatoms. The molecule has 6 rings (SSSR count). The molecule has 1 saturated carbocycles. The van der Waals surface area contributed by atoms with Crippen LogP contribution < -0.4 is 9.47 Å². The Morgan fingerprint density at radius 2 is 1.81 bits per heavy atom.